The smallest absolute Gasteiger partial charge is 0.357 e. The van der Waals surface area contributed by atoms with Crippen molar-refractivity contribution >= 4 is 51.3 Å². The van der Waals surface area contributed by atoms with Crippen molar-refractivity contribution in [2.75, 3.05) is 12.4 Å². The van der Waals surface area contributed by atoms with Gasteiger partial charge in [0.1, 0.15) is 0 Å². The Labute approximate surface area is 124 Å². The topological polar surface area (TPSA) is 51.2 Å². The SMILES string of the molecule is COC(=O)c1nc(Nc2cc(Cl)ccc2Cl)sc1C. The van der Waals surface area contributed by atoms with Gasteiger partial charge in [0.25, 0.3) is 0 Å². The Morgan fingerprint density at radius 2 is 2.16 bits per heavy atom. The number of nitrogens with zero attached hydrogens (tertiary/aromatic N) is 1. The second-order valence-corrected chi connectivity index (χ2v) is 5.71. The van der Waals surface area contributed by atoms with Gasteiger partial charge in [0.15, 0.2) is 10.8 Å². The van der Waals surface area contributed by atoms with Gasteiger partial charge in [0, 0.05) is 9.90 Å². The number of methoxy groups -OCH3 is 1. The number of carbonyl (C=O) groups excluding carboxylic acids is 1. The summed E-state index contributed by atoms with van der Waals surface area (Å²) in [5.41, 5.74) is 0.937. The molecule has 0 saturated carbocycles. The van der Waals surface area contributed by atoms with Crippen LogP contribution in [-0.4, -0.2) is 18.1 Å². The van der Waals surface area contributed by atoms with E-state index in [1.54, 1.807) is 25.1 Å². The molecule has 0 unspecified atom stereocenters. The van der Waals surface area contributed by atoms with E-state index >= 15 is 0 Å². The zero-order valence-corrected chi connectivity index (χ0v) is 12.5. The van der Waals surface area contributed by atoms with Gasteiger partial charge in [-0.1, -0.05) is 23.2 Å². The molecule has 0 bridgehead atoms. The average molecular weight is 317 g/mol. The van der Waals surface area contributed by atoms with Gasteiger partial charge in [0.05, 0.1) is 17.8 Å². The van der Waals surface area contributed by atoms with E-state index in [1.165, 1.54) is 18.4 Å². The second kappa shape index (κ2) is 5.77. The third kappa shape index (κ3) is 3.18. The van der Waals surface area contributed by atoms with Crippen LogP contribution in [0.1, 0.15) is 15.4 Å². The summed E-state index contributed by atoms with van der Waals surface area (Å²) in [6.07, 6.45) is 0. The molecule has 0 spiro atoms. The minimum Gasteiger partial charge on any atom is -0.464 e. The van der Waals surface area contributed by atoms with Gasteiger partial charge in [-0.15, -0.1) is 11.3 Å². The number of thiazole rings is 1. The molecule has 100 valence electrons. The lowest BCUT2D eigenvalue weighted by atomic mass is 10.3. The number of aromatic nitrogens is 1. The zero-order valence-electron chi connectivity index (χ0n) is 10.2. The minimum absolute atomic E-state index is 0.299. The number of aryl methyl sites for hydroxylation is 1. The summed E-state index contributed by atoms with van der Waals surface area (Å²) in [5.74, 6) is -0.459. The van der Waals surface area contributed by atoms with E-state index in [9.17, 15) is 4.79 Å². The number of anilines is 2. The Morgan fingerprint density at radius 1 is 1.42 bits per heavy atom. The van der Waals surface area contributed by atoms with Crippen molar-refractivity contribution in [3.63, 3.8) is 0 Å². The summed E-state index contributed by atoms with van der Waals surface area (Å²) in [6.45, 7) is 1.80. The van der Waals surface area contributed by atoms with Crippen LogP contribution >= 0.6 is 34.5 Å². The van der Waals surface area contributed by atoms with E-state index in [-0.39, 0.29) is 0 Å². The van der Waals surface area contributed by atoms with Crippen LogP contribution in [0.3, 0.4) is 0 Å². The molecule has 0 atom stereocenters. The van der Waals surface area contributed by atoms with E-state index < -0.39 is 5.97 Å². The van der Waals surface area contributed by atoms with Gasteiger partial charge in [-0.05, 0) is 25.1 Å². The molecule has 2 aromatic rings. The van der Waals surface area contributed by atoms with Crippen LogP contribution in [0.15, 0.2) is 18.2 Å². The van der Waals surface area contributed by atoms with Gasteiger partial charge in [-0.3, -0.25) is 0 Å². The summed E-state index contributed by atoms with van der Waals surface area (Å²) < 4.78 is 4.65. The number of rotatable bonds is 3. The van der Waals surface area contributed by atoms with Crippen LogP contribution < -0.4 is 5.32 Å². The van der Waals surface area contributed by atoms with Crippen molar-refractivity contribution in [1.82, 2.24) is 4.98 Å². The van der Waals surface area contributed by atoms with Crippen LogP contribution in [0.5, 0.6) is 0 Å². The van der Waals surface area contributed by atoms with Gasteiger partial charge in [-0.2, -0.15) is 0 Å². The fourth-order valence-electron chi connectivity index (χ4n) is 1.44. The number of ether oxygens (including phenoxy) is 1. The Morgan fingerprint density at radius 3 is 2.84 bits per heavy atom. The Balaban J connectivity index is 2.29. The van der Waals surface area contributed by atoms with E-state index in [1.807, 2.05) is 0 Å². The average Bonchev–Trinajstić information content (AvgIpc) is 2.74. The molecule has 0 aliphatic carbocycles. The standard InChI is InChI=1S/C12H10Cl2N2O2S/c1-6-10(11(17)18-2)16-12(19-6)15-9-5-7(13)3-4-8(9)14/h3-5H,1-2H3,(H,15,16). The maximum atomic E-state index is 11.5. The molecule has 7 heteroatoms. The van der Waals surface area contributed by atoms with Crippen LogP contribution in [0.25, 0.3) is 0 Å². The maximum absolute atomic E-state index is 11.5. The molecule has 0 aliphatic heterocycles. The van der Waals surface area contributed by atoms with E-state index in [2.05, 4.69) is 15.0 Å². The molecule has 19 heavy (non-hydrogen) atoms. The predicted octanol–water partition coefficient (Wildman–Crippen LogP) is 4.29. The molecule has 0 radical (unpaired) electrons. The highest BCUT2D eigenvalue weighted by Gasteiger charge is 2.16. The van der Waals surface area contributed by atoms with E-state index in [0.717, 1.165) is 4.88 Å². The Bertz CT molecular complexity index is 628. The summed E-state index contributed by atoms with van der Waals surface area (Å²) in [5, 5.41) is 4.68. The molecular weight excluding hydrogens is 307 g/mol. The lowest BCUT2D eigenvalue weighted by Crippen LogP contribution is -2.03. The first-order chi connectivity index (χ1) is 9.01. The third-order valence-corrected chi connectivity index (χ3v) is 3.80. The molecule has 1 aromatic heterocycles. The first-order valence-electron chi connectivity index (χ1n) is 5.29. The highest BCUT2D eigenvalue weighted by Crippen LogP contribution is 2.31. The monoisotopic (exact) mass is 316 g/mol. The molecule has 0 fully saturated rings. The van der Waals surface area contributed by atoms with E-state index in [4.69, 9.17) is 23.2 Å². The predicted molar refractivity (Wildman–Crippen MR) is 77.9 cm³/mol. The number of halogens is 2. The van der Waals surface area contributed by atoms with Crippen molar-refractivity contribution in [2.24, 2.45) is 0 Å². The zero-order chi connectivity index (χ0) is 14.0. The van der Waals surface area contributed by atoms with Crippen molar-refractivity contribution in [3.8, 4) is 0 Å². The molecular formula is C12H10Cl2N2O2S. The van der Waals surface area contributed by atoms with Crippen LogP contribution in [0.2, 0.25) is 10.0 Å². The molecule has 1 aromatic carbocycles. The fourth-order valence-corrected chi connectivity index (χ4v) is 2.59. The number of benzene rings is 1. The number of nitrogens with one attached hydrogen (secondary N) is 1. The molecule has 1 heterocycles. The molecule has 0 amide bonds. The number of hydrogen-bond donors (Lipinski definition) is 1. The normalized spacial score (nSPS) is 10.3. The Kier molecular flexibility index (Phi) is 4.29. The summed E-state index contributed by atoms with van der Waals surface area (Å²) >= 11 is 13.3. The van der Waals surface area contributed by atoms with Gasteiger partial charge in [0.2, 0.25) is 0 Å². The second-order valence-electron chi connectivity index (χ2n) is 3.66. The first-order valence-corrected chi connectivity index (χ1v) is 6.86. The van der Waals surface area contributed by atoms with Crippen LogP contribution in [0, 0.1) is 6.92 Å². The lowest BCUT2D eigenvalue weighted by Gasteiger charge is -2.05. The number of esters is 1. The van der Waals surface area contributed by atoms with Crippen molar-refractivity contribution in [3.05, 3.63) is 38.8 Å². The van der Waals surface area contributed by atoms with Crippen molar-refractivity contribution < 1.29 is 9.53 Å². The molecule has 0 saturated heterocycles. The van der Waals surface area contributed by atoms with Crippen molar-refractivity contribution in [1.29, 1.82) is 0 Å². The minimum atomic E-state index is -0.459. The van der Waals surface area contributed by atoms with E-state index in [0.29, 0.717) is 26.6 Å². The number of carbonyl (C=O) groups is 1. The van der Waals surface area contributed by atoms with Crippen molar-refractivity contribution in [2.45, 2.75) is 6.92 Å². The lowest BCUT2D eigenvalue weighted by molar-refractivity contribution is 0.0594. The molecule has 1 N–H and O–H groups in total. The molecule has 4 nitrogen and oxygen atoms in total. The highest BCUT2D eigenvalue weighted by atomic mass is 35.5. The maximum Gasteiger partial charge on any atom is 0.357 e. The summed E-state index contributed by atoms with van der Waals surface area (Å²) in [4.78, 5) is 16.4. The fraction of sp³-hybridized carbons (Fsp3) is 0.167. The third-order valence-electron chi connectivity index (χ3n) is 2.35. The van der Waals surface area contributed by atoms with Gasteiger partial charge in [-0.25, -0.2) is 9.78 Å². The van der Waals surface area contributed by atoms with Gasteiger partial charge < -0.3 is 10.1 Å². The Hall–Kier alpha value is -1.30. The van der Waals surface area contributed by atoms with Crippen LogP contribution in [-0.2, 0) is 4.74 Å². The van der Waals surface area contributed by atoms with Crippen LogP contribution in [0.4, 0.5) is 10.8 Å². The first kappa shape index (κ1) is 14.1. The summed E-state index contributed by atoms with van der Waals surface area (Å²) in [7, 11) is 1.32. The highest BCUT2D eigenvalue weighted by molar-refractivity contribution is 7.15. The van der Waals surface area contributed by atoms with Gasteiger partial charge >= 0.3 is 5.97 Å². The molecule has 0 aliphatic rings. The summed E-state index contributed by atoms with van der Waals surface area (Å²) in [6, 6.07) is 5.08. The molecule has 2 rings (SSSR count). The quantitative estimate of drug-likeness (QED) is 0.858. The number of hydrogen-bond acceptors (Lipinski definition) is 5. The largest absolute Gasteiger partial charge is 0.464 e.